The van der Waals surface area contributed by atoms with Crippen molar-refractivity contribution >= 4 is 15.9 Å². The van der Waals surface area contributed by atoms with Crippen molar-refractivity contribution in [2.24, 2.45) is 0 Å². The molecule has 0 saturated heterocycles. The smallest absolute Gasteiger partial charge is 0.251 e. The number of carbonyl (C=O) groups excluding carboxylic acids is 1. The maximum atomic E-state index is 12.3. The molecule has 134 valence electrons. The van der Waals surface area contributed by atoms with Gasteiger partial charge in [0, 0.05) is 17.8 Å². The van der Waals surface area contributed by atoms with E-state index < -0.39 is 10.0 Å². The van der Waals surface area contributed by atoms with Crippen LogP contribution in [0, 0.1) is 0 Å². The highest BCUT2D eigenvalue weighted by Crippen LogP contribution is 2.14. The van der Waals surface area contributed by atoms with E-state index in [0.717, 1.165) is 5.69 Å². The summed E-state index contributed by atoms with van der Waals surface area (Å²) in [5, 5.41) is 2.85. The summed E-state index contributed by atoms with van der Waals surface area (Å²) in [6, 6.07) is 11.0. The Balaban J connectivity index is 2.08. The summed E-state index contributed by atoms with van der Waals surface area (Å²) in [7, 11) is -3.57. The minimum atomic E-state index is -3.57. The number of sulfonamides is 1. The second kappa shape index (κ2) is 8.22. The molecule has 2 N–H and O–H groups in total. The van der Waals surface area contributed by atoms with Crippen molar-refractivity contribution in [3.05, 3.63) is 59.9 Å². The number of nitrogens with zero attached hydrogens (tertiary/aromatic N) is 1. The topological polar surface area (TPSA) is 88.2 Å². The van der Waals surface area contributed by atoms with Crippen molar-refractivity contribution in [2.45, 2.75) is 44.2 Å². The maximum absolute atomic E-state index is 12.3. The lowest BCUT2D eigenvalue weighted by Gasteiger charge is -2.14. The SMILES string of the molecule is CCC(C)NS(=O)(=O)c1ccc(C(=O)NC(C)c2ccccn2)cc1. The monoisotopic (exact) mass is 361 g/mol. The molecule has 0 saturated carbocycles. The van der Waals surface area contributed by atoms with Gasteiger partial charge in [0.25, 0.3) is 5.91 Å². The maximum Gasteiger partial charge on any atom is 0.251 e. The lowest BCUT2D eigenvalue weighted by molar-refractivity contribution is 0.0939. The molecule has 25 heavy (non-hydrogen) atoms. The molecule has 1 heterocycles. The van der Waals surface area contributed by atoms with E-state index in [9.17, 15) is 13.2 Å². The van der Waals surface area contributed by atoms with Crippen molar-refractivity contribution in [2.75, 3.05) is 0 Å². The number of hydrogen-bond acceptors (Lipinski definition) is 4. The predicted octanol–water partition coefficient (Wildman–Crippen LogP) is 2.65. The first-order valence-corrected chi connectivity index (χ1v) is 9.66. The number of benzene rings is 1. The van der Waals surface area contributed by atoms with Crippen LogP contribution in [-0.2, 0) is 10.0 Å². The highest BCUT2D eigenvalue weighted by molar-refractivity contribution is 7.89. The van der Waals surface area contributed by atoms with Gasteiger partial charge in [0.05, 0.1) is 16.6 Å². The van der Waals surface area contributed by atoms with Crippen LogP contribution in [-0.4, -0.2) is 25.4 Å². The van der Waals surface area contributed by atoms with Crippen LogP contribution in [0.3, 0.4) is 0 Å². The van der Waals surface area contributed by atoms with E-state index in [0.29, 0.717) is 12.0 Å². The third kappa shape index (κ3) is 5.11. The van der Waals surface area contributed by atoms with Gasteiger partial charge in [0.2, 0.25) is 10.0 Å². The minimum absolute atomic E-state index is 0.141. The van der Waals surface area contributed by atoms with Crippen LogP contribution >= 0.6 is 0 Å². The molecule has 0 bridgehead atoms. The van der Waals surface area contributed by atoms with Crippen LogP contribution in [0.15, 0.2) is 53.6 Å². The fourth-order valence-corrected chi connectivity index (χ4v) is 3.51. The van der Waals surface area contributed by atoms with E-state index in [1.807, 2.05) is 32.0 Å². The number of amides is 1. The van der Waals surface area contributed by atoms with Crippen molar-refractivity contribution in [3.8, 4) is 0 Å². The van der Waals surface area contributed by atoms with Gasteiger partial charge in [-0.1, -0.05) is 13.0 Å². The van der Waals surface area contributed by atoms with Gasteiger partial charge >= 0.3 is 0 Å². The molecule has 1 aromatic carbocycles. The number of carbonyl (C=O) groups is 1. The zero-order valence-electron chi connectivity index (χ0n) is 14.6. The summed E-state index contributed by atoms with van der Waals surface area (Å²) in [6.07, 6.45) is 2.37. The Kier molecular flexibility index (Phi) is 6.27. The Hall–Kier alpha value is -2.25. The molecule has 2 atom stereocenters. The van der Waals surface area contributed by atoms with Crippen LogP contribution in [0.2, 0.25) is 0 Å². The van der Waals surface area contributed by atoms with E-state index >= 15 is 0 Å². The van der Waals surface area contributed by atoms with Gasteiger partial charge in [-0.15, -0.1) is 0 Å². The summed E-state index contributed by atoms with van der Waals surface area (Å²) in [5.74, 6) is -0.281. The average molecular weight is 361 g/mol. The molecule has 1 amide bonds. The number of hydrogen-bond donors (Lipinski definition) is 2. The molecule has 6 nitrogen and oxygen atoms in total. The first-order valence-electron chi connectivity index (χ1n) is 8.17. The molecule has 0 fully saturated rings. The van der Waals surface area contributed by atoms with Crippen molar-refractivity contribution < 1.29 is 13.2 Å². The fraction of sp³-hybridized carbons (Fsp3) is 0.333. The minimum Gasteiger partial charge on any atom is -0.344 e. The van der Waals surface area contributed by atoms with Crippen LogP contribution in [0.5, 0.6) is 0 Å². The van der Waals surface area contributed by atoms with E-state index in [-0.39, 0.29) is 22.9 Å². The number of pyridine rings is 1. The molecule has 2 rings (SSSR count). The van der Waals surface area contributed by atoms with Gasteiger partial charge in [0.15, 0.2) is 0 Å². The summed E-state index contributed by atoms with van der Waals surface area (Å²) in [4.78, 5) is 16.7. The molecule has 0 spiro atoms. The Morgan fingerprint density at radius 2 is 1.80 bits per heavy atom. The van der Waals surface area contributed by atoms with E-state index in [2.05, 4.69) is 15.0 Å². The van der Waals surface area contributed by atoms with Crippen LogP contribution < -0.4 is 10.0 Å². The molecule has 0 radical (unpaired) electrons. The summed E-state index contributed by atoms with van der Waals surface area (Å²) in [6.45, 7) is 5.55. The second-order valence-electron chi connectivity index (χ2n) is 5.90. The zero-order valence-corrected chi connectivity index (χ0v) is 15.4. The lowest BCUT2D eigenvalue weighted by Crippen LogP contribution is -2.32. The molecule has 7 heteroatoms. The van der Waals surface area contributed by atoms with Crippen LogP contribution in [0.25, 0.3) is 0 Å². The predicted molar refractivity (Wildman–Crippen MR) is 96.6 cm³/mol. The summed E-state index contributed by atoms with van der Waals surface area (Å²) in [5.41, 5.74) is 1.15. The standard InChI is InChI=1S/C18H23N3O3S/c1-4-13(2)21-25(23,24)16-10-8-15(9-11-16)18(22)20-14(3)17-7-5-6-12-19-17/h5-14,21H,4H2,1-3H3,(H,20,22). The third-order valence-electron chi connectivity index (χ3n) is 3.87. The van der Waals surface area contributed by atoms with Gasteiger partial charge in [-0.2, -0.15) is 0 Å². The van der Waals surface area contributed by atoms with Crippen LogP contribution in [0.1, 0.15) is 49.3 Å². The van der Waals surface area contributed by atoms with E-state index in [4.69, 9.17) is 0 Å². The molecule has 1 aromatic heterocycles. The molecule has 0 aliphatic heterocycles. The lowest BCUT2D eigenvalue weighted by atomic mass is 10.1. The Morgan fingerprint density at radius 1 is 1.12 bits per heavy atom. The zero-order chi connectivity index (χ0) is 18.4. The van der Waals surface area contributed by atoms with Crippen molar-refractivity contribution in [1.82, 2.24) is 15.0 Å². The Morgan fingerprint density at radius 3 is 2.36 bits per heavy atom. The van der Waals surface area contributed by atoms with E-state index in [1.165, 1.54) is 24.3 Å². The first kappa shape index (κ1) is 19.1. The van der Waals surface area contributed by atoms with Crippen LogP contribution in [0.4, 0.5) is 0 Å². The molecular weight excluding hydrogens is 338 g/mol. The van der Waals surface area contributed by atoms with Gasteiger partial charge in [-0.25, -0.2) is 13.1 Å². The summed E-state index contributed by atoms with van der Waals surface area (Å²) >= 11 is 0. The van der Waals surface area contributed by atoms with E-state index in [1.54, 1.807) is 13.1 Å². The highest BCUT2D eigenvalue weighted by Gasteiger charge is 2.18. The van der Waals surface area contributed by atoms with Crippen molar-refractivity contribution in [1.29, 1.82) is 0 Å². The quantitative estimate of drug-likeness (QED) is 0.793. The molecule has 0 aliphatic rings. The Bertz CT molecular complexity index is 805. The number of rotatable bonds is 7. The van der Waals surface area contributed by atoms with Gasteiger partial charge in [-0.05, 0) is 56.7 Å². The Labute approximate surface area is 148 Å². The van der Waals surface area contributed by atoms with Gasteiger partial charge in [-0.3, -0.25) is 9.78 Å². The largest absolute Gasteiger partial charge is 0.344 e. The third-order valence-corrected chi connectivity index (χ3v) is 5.48. The average Bonchev–Trinajstić information content (AvgIpc) is 2.62. The molecular formula is C18H23N3O3S. The molecule has 2 unspecified atom stereocenters. The van der Waals surface area contributed by atoms with Gasteiger partial charge in [0.1, 0.15) is 0 Å². The van der Waals surface area contributed by atoms with Crippen molar-refractivity contribution in [3.63, 3.8) is 0 Å². The first-order chi connectivity index (χ1) is 11.8. The molecule has 0 aliphatic carbocycles. The van der Waals surface area contributed by atoms with Gasteiger partial charge < -0.3 is 5.32 Å². The fourth-order valence-electron chi connectivity index (χ4n) is 2.19. The highest BCUT2D eigenvalue weighted by atomic mass is 32.2. The number of aromatic nitrogens is 1. The summed E-state index contributed by atoms with van der Waals surface area (Å²) < 4.78 is 27.0. The second-order valence-corrected chi connectivity index (χ2v) is 7.62. The molecule has 2 aromatic rings. The number of nitrogens with one attached hydrogen (secondary N) is 2. The normalized spacial score (nSPS) is 13.9.